The van der Waals surface area contributed by atoms with E-state index in [0.717, 1.165) is 6.54 Å². The smallest absolute Gasteiger partial charge is 0.0483 e. The van der Waals surface area contributed by atoms with Gasteiger partial charge in [0.25, 0.3) is 0 Å². The molecule has 14 heavy (non-hydrogen) atoms. The fourth-order valence-corrected chi connectivity index (χ4v) is 1.63. The SMILES string of the molecule is CCCCCN1NNC=C1CCCC. The Bertz CT molecular complexity index is 177. The lowest BCUT2D eigenvalue weighted by Gasteiger charge is -2.20. The van der Waals surface area contributed by atoms with Crippen LogP contribution in [0.2, 0.25) is 0 Å². The Morgan fingerprint density at radius 1 is 1.14 bits per heavy atom. The molecule has 1 aliphatic heterocycles. The predicted molar refractivity (Wildman–Crippen MR) is 60.1 cm³/mol. The molecule has 3 nitrogen and oxygen atoms in total. The molecule has 1 aliphatic rings. The molecule has 0 radical (unpaired) electrons. The Labute approximate surface area is 87.5 Å². The van der Waals surface area contributed by atoms with Gasteiger partial charge in [0.05, 0.1) is 0 Å². The third-order valence-electron chi connectivity index (χ3n) is 2.56. The van der Waals surface area contributed by atoms with Crippen LogP contribution in [0, 0.1) is 0 Å². The minimum atomic E-state index is 1.12. The van der Waals surface area contributed by atoms with Crippen LogP contribution in [0.5, 0.6) is 0 Å². The first kappa shape index (κ1) is 11.4. The van der Waals surface area contributed by atoms with Gasteiger partial charge < -0.3 is 5.43 Å². The summed E-state index contributed by atoms with van der Waals surface area (Å²) in [6, 6.07) is 0. The van der Waals surface area contributed by atoms with Crippen molar-refractivity contribution in [3.05, 3.63) is 11.9 Å². The molecular formula is C11H23N3. The number of unbranched alkanes of at least 4 members (excludes halogenated alkanes) is 3. The third-order valence-corrected chi connectivity index (χ3v) is 2.56. The van der Waals surface area contributed by atoms with Gasteiger partial charge in [-0.3, -0.25) is 5.01 Å². The molecule has 0 fully saturated rings. The van der Waals surface area contributed by atoms with Gasteiger partial charge in [0, 0.05) is 18.4 Å². The van der Waals surface area contributed by atoms with Gasteiger partial charge in [-0.25, -0.2) is 0 Å². The minimum Gasteiger partial charge on any atom is -0.309 e. The number of hydrazine groups is 2. The molecule has 0 saturated heterocycles. The van der Waals surface area contributed by atoms with Crippen molar-refractivity contribution in [3.8, 4) is 0 Å². The summed E-state index contributed by atoms with van der Waals surface area (Å²) in [7, 11) is 0. The van der Waals surface area contributed by atoms with Crippen molar-refractivity contribution in [2.45, 2.75) is 52.4 Å². The molecule has 0 amide bonds. The van der Waals surface area contributed by atoms with E-state index < -0.39 is 0 Å². The maximum atomic E-state index is 3.17. The van der Waals surface area contributed by atoms with E-state index in [9.17, 15) is 0 Å². The molecular weight excluding hydrogens is 174 g/mol. The van der Waals surface area contributed by atoms with Gasteiger partial charge in [0.1, 0.15) is 0 Å². The van der Waals surface area contributed by atoms with E-state index in [1.54, 1.807) is 0 Å². The van der Waals surface area contributed by atoms with Crippen LogP contribution in [0.1, 0.15) is 52.4 Å². The van der Waals surface area contributed by atoms with Crippen LogP contribution < -0.4 is 11.0 Å². The molecule has 2 N–H and O–H groups in total. The Morgan fingerprint density at radius 3 is 2.64 bits per heavy atom. The van der Waals surface area contributed by atoms with Crippen molar-refractivity contribution in [2.24, 2.45) is 0 Å². The van der Waals surface area contributed by atoms with Gasteiger partial charge in [-0.05, 0) is 19.3 Å². The molecule has 0 aromatic rings. The van der Waals surface area contributed by atoms with E-state index >= 15 is 0 Å². The molecule has 0 saturated carbocycles. The number of allylic oxidation sites excluding steroid dienone is 1. The zero-order valence-electron chi connectivity index (χ0n) is 9.47. The number of nitrogens with zero attached hydrogens (tertiary/aromatic N) is 1. The maximum absolute atomic E-state index is 3.17. The van der Waals surface area contributed by atoms with E-state index in [4.69, 9.17) is 0 Å². The highest BCUT2D eigenvalue weighted by molar-refractivity contribution is 5.02. The van der Waals surface area contributed by atoms with Crippen molar-refractivity contribution >= 4 is 0 Å². The van der Waals surface area contributed by atoms with E-state index in [1.165, 1.54) is 44.2 Å². The van der Waals surface area contributed by atoms with Crippen molar-refractivity contribution in [2.75, 3.05) is 6.54 Å². The van der Waals surface area contributed by atoms with Gasteiger partial charge in [-0.2, -0.15) is 0 Å². The fourth-order valence-electron chi connectivity index (χ4n) is 1.63. The van der Waals surface area contributed by atoms with Crippen LogP contribution in [0.25, 0.3) is 0 Å². The number of hydrogen-bond acceptors (Lipinski definition) is 3. The number of rotatable bonds is 7. The van der Waals surface area contributed by atoms with Gasteiger partial charge in [-0.1, -0.05) is 33.1 Å². The predicted octanol–water partition coefficient (Wildman–Crippen LogP) is 2.53. The minimum absolute atomic E-state index is 1.12. The van der Waals surface area contributed by atoms with Crippen molar-refractivity contribution in [1.82, 2.24) is 16.0 Å². The summed E-state index contributed by atoms with van der Waals surface area (Å²) in [5, 5.41) is 2.24. The fraction of sp³-hybridized carbons (Fsp3) is 0.818. The third kappa shape index (κ3) is 3.58. The largest absolute Gasteiger partial charge is 0.309 e. The average Bonchev–Trinajstić information content (AvgIpc) is 2.63. The molecule has 0 atom stereocenters. The summed E-state index contributed by atoms with van der Waals surface area (Å²) >= 11 is 0. The van der Waals surface area contributed by atoms with Crippen molar-refractivity contribution in [1.29, 1.82) is 0 Å². The topological polar surface area (TPSA) is 27.3 Å². The van der Waals surface area contributed by atoms with E-state index in [-0.39, 0.29) is 0 Å². The van der Waals surface area contributed by atoms with E-state index in [1.807, 2.05) is 0 Å². The van der Waals surface area contributed by atoms with Crippen molar-refractivity contribution in [3.63, 3.8) is 0 Å². The molecule has 82 valence electrons. The second-order valence-corrected chi connectivity index (χ2v) is 3.85. The lowest BCUT2D eigenvalue weighted by atomic mass is 10.2. The molecule has 0 spiro atoms. The van der Waals surface area contributed by atoms with Crippen LogP contribution >= 0.6 is 0 Å². The van der Waals surface area contributed by atoms with Crippen LogP contribution in [-0.2, 0) is 0 Å². The van der Waals surface area contributed by atoms with Crippen LogP contribution in [0.3, 0.4) is 0 Å². The zero-order valence-corrected chi connectivity index (χ0v) is 9.47. The van der Waals surface area contributed by atoms with Gasteiger partial charge in [-0.15, -0.1) is 5.53 Å². The van der Waals surface area contributed by atoms with E-state index in [2.05, 4.69) is 36.0 Å². The number of hydrogen-bond donors (Lipinski definition) is 2. The highest BCUT2D eigenvalue weighted by Gasteiger charge is 2.12. The first-order chi connectivity index (χ1) is 6.88. The Hall–Kier alpha value is -0.700. The van der Waals surface area contributed by atoms with Crippen LogP contribution in [0.15, 0.2) is 11.9 Å². The summed E-state index contributed by atoms with van der Waals surface area (Å²) in [5.41, 5.74) is 7.64. The maximum Gasteiger partial charge on any atom is 0.0483 e. The summed E-state index contributed by atoms with van der Waals surface area (Å²) < 4.78 is 0. The highest BCUT2D eigenvalue weighted by atomic mass is 15.7. The van der Waals surface area contributed by atoms with Crippen molar-refractivity contribution < 1.29 is 0 Å². The molecule has 0 aromatic carbocycles. The Balaban J connectivity index is 2.20. The zero-order chi connectivity index (χ0) is 10.2. The summed E-state index contributed by atoms with van der Waals surface area (Å²) in [6.07, 6.45) is 9.69. The highest BCUT2D eigenvalue weighted by Crippen LogP contribution is 2.13. The summed E-state index contributed by atoms with van der Waals surface area (Å²) in [6.45, 7) is 5.59. The first-order valence-electron chi connectivity index (χ1n) is 5.86. The molecule has 1 heterocycles. The molecule has 0 unspecified atom stereocenters. The Morgan fingerprint density at radius 2 is 1.93 bits per heavy atom. The summed E-state index contributed by atoms with van der Waals surface area (Å²) in [4.78, 5) is 0. The Kier molecular flexibility index (Phi) is 5.45. The second kappa shape index (κ2) is 6.71. The van der Waals surface area contributed by atoms with Crippen LogP contribution in [0.4, 0.5) is 0 Å². The molecule has 0 bridgehead atoms. The van der Waals surface area contributed by atoms with Crippen LogP contribution in [-0.4, -0.2) is 11.6 Å². The monoisotopic (exact) mass is 197 g/mol. The van der Waals surface area contributed by atoms with Gasteiger partial charge >= 0.3 is 0 Å². The molecule has 1 rings (SSSR count). The lowest BCUT2D eigenvalue weighted by Crippen LogP contribution is -2.38. The lowest BCUT2D eigenvalue weighted by molar-refractivity contribution is 0.238. The quantitative estimate of drug-likeness (QED) is 0.614. The van der Waals surface area contributed by atoms with E-state index in [0.29, 0.717) is 0 Å². The second-order valence-electron chi connectivity index (χ2n) is 3.85. The number of nitrogens with one attached hydrogen (secondary N) is 2. The molecule has 0 aromatic heterocycles. The standard InChI is InChI=1S/C11H23N3/c1-3-5-7-9-14-11(8-6-4-2)10-12-13-14/h10,12-13H,3-9H2,1-2H3. The molecule has 0 aliphatic carbocycles. The summed E-state index contributed by atoms with van der Waals surface area (Å²) in [5.74, 6) is 0. The molecule has 3 heteroatoms. The van der Waals surface area contributed by atoms with Gasteiger partial charge in [0.2, 0.25) is 0 Å². The average molecular weight is 197 g/mol. The van der Waals surface area contributed by atoms with Gasteiger partial charge in [0.15, 0.2) is 0 Å². The first-order valence-corrected chi connectivity index (χ1v) is 5.86. The normalized spacial score (nSPS) is 15.6.